The highest BCUT2D eigenvalue weighted by molar-refractivity contribution is 6.31. The number of hydrogen-bond acceptors (Lipinski definition) is 3. The number of amides is 1. The standard InChI is InChI=1S/C22H22ClN5O/c1-26-18-8-4-3-7-16(18)24-20(26)14-6-5-11-28(13-14)22(29)21-25-17-12-15(23)9-10-19(17)27(21)2/h3-4,7-10,12,14H,5-6,11,13H2,1-2H3/t14-/m0/s1. The van der Waals surface area contributed by atoms with E-state index in [1.54, 1.807) is 6.07 Å². The van der Waals surface area contributed by atoms with Crippen molar-refractivity contribution < 1.29 is 4.79 Å². The number of halogens is 1. The monoisotopic (exact) mass is 407 g/mol. The summed E-state index contributed by atoms with van der Waals surface area (Å²) < 4.78 is 4.01. The molecular weight excluding hydrogens is 386 g/mol. The van der Waals surface area contributed by atoms with Crippen molar-refractivity contribution in [3.8, 4) is 0 Å². The first-order valence-electron chi connectivity index (χ1n) is 9.85. The van der Waals surface area contributed by atoms with Crippen LogP contribution < -0.4 is 0 Å². The van der Waals surface area contributed by atoms with Crippen molar-refractivity contribution in [3.05, 3.63) is 59.1 Å². The molecule has 29 heavy (non-hydrogen) atoms. The van der Waals surface area contributed by atoms with Crippen molar-refractivity contribution >= 4 is 39.6 Å². The van der Waals surface area contributed by atoms with E-state index < -0.39 is 0 Å². The molecule has 1 saturated heterocycles. The van der Waals surface area contributed by atoms with Crippen molar-refractivity contribution in [2.45, 2.75) is 18.8 Å². The molecule has 0 radical (unpaired) electrons. The predicted octanol–water partition coefficient (Wildman–Crippen LogP) is 4.13. The van der Waals surface area contributed by atoms with Gasteiger partial charge in [-0.15, -0.1) is 0 Å². The summed E-state index contributed by atoms with van der Waals surface area (Å²) in [5, 5.41) is 0.620. The summed E-state index contributed by atoms with van der Waals surface area (Å²) in [5.74, 6) is 1.67. The summed E-state index contributed by atoms with van der Waals surface area (Å²) >= 11 is 6.09. The molecule has 6 nitrogen and oxygen atoms in total. The Hall–Kier alpha value is -2.86. The van der Waals surface area contributed by atoms with Gasteiger partial charge in [0.25, 0.3) is 5.91 Å². The zero-order valence-electron chi connectivity index (χ0n) is 16.5. The lowest BCUT2D eigenvalue weighted by molar-refractivity contribution is 0.0688. The minimum absolute atomic E-state index is 0.0386. The number of para-hydroxylation sites is 2. The van der Waals surface area contributed by atoms with Gasteiger partial charge in [-0.1, -0.05) is 23.7 Å². The number of rotatable bonds is 2. The SMILES string of the molecule is Cn1c(C(=O)N2CCC[C@H](c3nc4ccccc4n3C)C2)nc2cc(Cl)ccc21. The van der Waals surface area contributed by atoms with Crippen LogP contribution in [0.25, 0.3) is 22.1 Å². The number of carbonyl (C=O) groups excluding carboxylic acids is 1. The van der Waals surface area contributed by atoms with Crippen LogP contribution in [-0.4, -0.2) is 43.0 Å². The van der Waals surface area contributed by atoms with Crippen molar-refractivity contribution in [3.63, 3.8) is 0 Å². The topological polar surface area (TPSA) is 56.0 Å². The molecule has 3 heterocycles. The summed E-state index contributed by atoms with van der Waals surface area (Å²) in [6.07, 6.45) is 1.98. The van der Waals surface area contributed by atoms with E-state index in [9.17, 15) is 4.79 Å². The third-order valence-electron chi connectivity index (χ3n) is 5.93. The lowest BCUT2D eigenvalue weighted by Gasteiger charge is -2.32. The maximum absolute atomic E-state index is 13.3. The molecule has 0 aliphatic carbocycles. The summed E-state index contributed by atoms with van der Waals surface area (Å²) in [5.41, 5.74) is 3.77. The zero-order valence-corrected chi connectivity index (χ0v) is 17.2. The van der Waals surface area contributed by atoms with E-state index in [4.69, 9.17) is 16.6 Å². The maximum Gasteiger partial charge on any atom is 0.289 e. The average Bonchev–Trinajstić information content (AvgIpc) is 3.25. The lowest BCUT2D eigenvalue weighted by atomic mass is 9.97. The molecule has 2 aromatic heterocycles. The molecule has 1 atom stereocenters. The van der Waals surface area contributed by atoms with Crippen LogP contribution in [0.4, 0.5) is 0 Å². The number of imidazole rings is 2. The number of fused-ring (bicyclic) bond motifs is 2. The highest BCUT2D eigenvalue weighted by Crippen LogP contribution is 2.29. The largest absolute Gasteiger partial charge is 0.335 e. The Kier molecular flexibility index (Phi) is 4.32. The van der Waals surface area contributed by atoms with Gasteiger partial charge in [-0.3, -0.25) is 4.79 Å². The molecule has 1 fully saturated rings. The van der Waals surface area contributed by atoms with Gasteiger partial charge >= 0.3 is 0 Å². The number of hydrogen-bond donors (Lipinski definition) is 0. The van der Waals surface area contributed by atoms with Gasteiger partial charge in [0.15, 0.2) is 5.82 Å². The molecule has 1 amide bonds. The number of likely N-dealkylation sites (tertiary alicyclic amines) is 1. The van der Waals surface area contributed by atoms with Crippen LogP contribution in [0.3, 0.4) is 0 Å². The van der Waals surface area contributed by atoms with Crippen LogP contribution >= 0.6 is 11.6 Å². The molecule has 148 valence electrons. The van der Waals surface area contributed by atoms with Gasteiger partial charge in [0.1, 0.15) is 5.82 Å². The van der Waals surface area contributed by atoms with Crippen LogP contribution in [0.1, 0.15) is 35.2 Å². The van der Waals surface area contributed by atoms with E-state index in [0.29, 0.717) is 17.4 Å². The Labute approximate surface area is 173 Å². The van der Waals surface area contributed by atoms with Crippen molar-refractivity contribution in [2.24, 2.45) is 14.1 Å². The van der Waals surface area contributed by atoms with Gasteiger partial charge in [-0.2, -0.15) is 0 Å². The van der Waals surface area contributed by atoms with E-state index >= 15 is 0 Å². The Morgan fingerprint density at radius 1 is 1.03 bits per heavy atom. The molecule has 7 heteroatoms. The lowest BCUT2D eigenvalue weighted by Crippen LogP contribution is -2.40. The fraction of sp³-hybridized carbons (Fsp3) is 0.318. The first-order chi connectivity index (χ1) is 14.0. The molecule has 1 aliphatic rings. The Morgan fingerprint density at radius 3 is 2.66 bits per heavy atom. The highest BCUT2D eigenvalue weighted by Gasteiger charge is 2.30. The van der Waals surface area contributed by atoms with Crippen LogP contribution in [-0.2, 0) is 14.1 Å². The Balaban J connectivity index is 1.45. The van der Waals surface area contributed by atoms with E-state index in [1.807, 2.05) is 46.8 Å². The number of piperidine rings is 1. The number of nitrogens with zero attached hydrogens (tertiary/aromatic N) is 5. The minimum Gasteiger partial charge on any atom is -0.335 e. The average molecular weight is 408 g/mol. The maximum atomic E-state index is 13.3. The Morgan fingerprint density at radius 2 is 1.83 bits per heavy atom. The predicted molar refractivity (Wildman–Crippen MR) is 114 cm³/mol. The van der Waals surface area contributed by atoms with Gasteiger partial charge < -0.3 is 14.0 Å². The number of carbonyl (C=O) groups is 1. The molecule has 0 N–H and O–H groups in total. The van der Waals surface area contributed by atoms with Crippen LogP contribution in [0.2, 0.25) is 5.02 Å². The van der Waals surface area contributed by atoms with E-state index in [1.165, 1.54) is 0 Å². The van der Waals surface area contributed by atoms with Crippen LogP contribution in [0, 0.1) is 0 Å². The summed E-state index contributed by atoms with van der Waals surface area (Å²) in [6, 6.07) is 13.7. The summed E-state index contributed by atoms with van der Waals surface area (Å²) in [6.45, 7) is 1.39. The molecule has 0 saturated carbocycles. The molecular formula is C22H22ClN5O. The first-order valence-corrected chi connectivity index (χ1v) is 10.2. The van der Waals surface area contributed by atoms with Crippen molar-refractivity contribution in [1.82, 2.24) is 24.0 Å². The molecule has 1 aliphatic heterocycles. The smallest absolute Gasteiger partial charge is 0.289 e. The zero-order chi connectivity index (χ0) is 20.1. The number of aromatic nitrogens is 4. The Bertz CT molecular complexity index is 1240. The molecule has 0 bridgehead atoms. The minimum atomic E-state index is -0.0386. The fourth-order valence-corrected chi connectivity index (χ4v) is 4.57. The second-order valence-electron chi connectivity index (χ2n) is 7.74. The normalized spacial score (nSPS) is 17.3. The van der Waals surface area contributed by atoms with E-state index in [2.05, 4.69) is 22.7 Å². The molecule has 0 spiro atoms. The van der Waals surface area contributed by atoms with Crippen molar-refractivity contribution in [1.29, 1.82) is 0 Å². The molecule has 4 aromatic rings. The molecule has 5 rings (SSSR count). The fourth-order valence-electron chi connectivity index (χ4n) is 4.41. The van der Waals surface area contributed by atoms with Gasteiger partial charge in [0, 0.05) is 38.1 Å². The highest BCUT2D eigenvalue weighted by atomic mass is 35.5. The van der Waals surface area contributed by atoms with Gasteiger partial charge in [0.2, 0.25) is 0 Å². The van der Waals surface area contributed by atoms with Gasteiger partial charge in [-0.25, -0.2) is 9.97 Å². The number of aryl methyl sites for hydroxylation is 2. The van der Waals surface area contributed by atoms with Gasteiger partial charge in [-0.05, 0) is 43.2 Å². The third-order valence-corrected chi connectivity index (χ3v) is 6.16. The van der Waals surface area contributed by atoms with Gasteiger partial charge in [0.05, 0.1) is 22.1 Å². The van der Waals surface area contributed by atoms with Crippen LogP contribution in [0.5, 0.6) is 0 Å². The number of benzene rings is 2. The molecule has 0 unspecified atom stereocenters. The van der Waals surface area contributed by atoms with Crippen LogP contribution in [0.15, 0.2) is 42.5 Å². The third kappa shape index (κ3) is 2.99. The van der Waals surface area contributed by atoms with E-state index in [-0.39, 0.29) is 11.8 Å². The first kappa shape index (κ1) is 18.2. The molecule has 2 aromatic carbocycles. The summed E-state index contributed by atoms with van der Waals surface area (Å²) in [4.78, 5) is 24.6. The summed E-state index contributed by atoms with van der Waals surface area (Å²) in [7, 11) is 3.93. The van der Waals surface area contributed by atoms with E-state index in [0.717, 1.165) is 47.3 Å². The van der Waals surface area contributed by atoms with Crippen molar-refractivity contribution in [2.75, 3.05) is 13.1 Å². The quantitative estimate of drug-likeness (QED) is 0.502. The second kappa shape index (κ2) is 6.88. The second-order valence-corrected chi connectivity index (χ2v) is 8.17.